The van der Waals surface area contributed by atoms with Crippen molar-refractivity contribution in [2.75, 3.05) is 13.1 Å². The summed E-state index contributed by atoms with van der Waals surface area (Å²) >= 11 is 0. The van der Waals surface area contributed by atoms with Gasteiger partial charge in [0.05, 0.1) is 6.33 Å². The lowest BCUT2D eigenvalue weighted by atomic mass is 9.92. The van der Waals surface area contributed by atoms with Crippen molar-refractivity contribution < 1.29 is 9.21 Å². The van der Waals surface area contributed by atoms with Crippen LogP contribution in [0.25, 0.3) is 22.1 Å². The lowest BCUT2D eigenvalue weighted by Gasteiger charge is -2.35. The fraction of sp³-hybridized carbons (Fsp3) is 0.421. The van der Waals surface area contributed by atoms with Gasteiger partial charge < -0.3 is 9.32 Å². The molecular formula is C19H21N3O3. The van der Waals surface area contributed by atoms with Gasteiger partial charge >= 0.3 is 0 Å². The third-order valence-electron chi connectivity index (χ3n) is 4.88. The molecule has 0 saturated carbocycles. The van der Waals surface area contributed by atoms with Crippen molar-refractivity contribution in [1.29, 1.82) is 0 Å². The Morgan fingerprint density at radius 1 is 1.24 bits per heavy atom. The van der Waals surface area contributed by atoms with Crippen LogP contribution >= 0.6 is 0 Å². The number of carbonyl (C=O) groups is 1. The summed E-state index contributed by atoms with van der Waals surface area (Å²) in [6, 6.07) is 7.42. The van der Waals surface area contributed by atoms with Gasteiger partial charge in [-0.1, -0.05) is 26.0 Å². The highest BCUT2D eigenvalue weighted by molar-refractivity contribution is 6.01. The molecule has 25 heavy (non-hydrogen) atoms. The van der Waals surface area contributed by atoms with E-state index in [1.165, 1.54) is 10.9 Å². The Labute approximate surface area is 145 Å². The number of rotatable bonds is 2. The second-order valence-electron chi connectivity index (χ2n) is 7.20. The number of para-hydroxylation sites is 1. The van der Waals surface area contributed by atoms with E-state index in [0.717, 1.165) is 24.9 Å². The predicted octanol–water partition coefficient (Wildman–Crippen LogP) is 2.65. The number of amides is 1. The number of aromatic nitrogens is 2. The number of carbonyl (C=O) groups excluding carboxylic acids is 1. The van der Waals surface area contributed by atoms with Crippen LogP contribution in [-0.4, -0.2) is 33.4 Å². The van der Waals surface area contributed by atoms with Crippen LogP contribution in [0.1, 0.15) is 20.3 Å². The Balaban J connectivity index is 1.65. The van der Waals surface area contributed by atoms with Crippen LogP contribution in [0.5, 0.6) is 0 Å². The maximum Gasteiger partial charge on any atom is 0.297 e. The molecule has 2 aromatic heterocycles. The van der Waals surface area contributed by atoms with Gasteiger partial charge in [-0.15, -0.1) is 0 Å². The van der Waals surface area contributed by atoms with E-state index < -0.39 is 0 Å². The van der Waals surface area contributed by atoms with Crippen LogP contribution in [0.3, 0.4) is 0 Å². The smallest absolute Gasteiger partial charge is 0.297 e. The quantitative estimate of drug-likeness (QED) is 0.720. The summed E-state index contributed by atoms with van der Waals surface area (Å²) in [6.07, 6.45) is 2.58. The number of hydrogen-bond donors (Lipinski definition) is 0. The molecule has 1 aliphatic heterocycles. The molecule has 0 aliphatic carbocycles. The standard InChI is InChI=1S/C19H21N3O3/c1-12-7-13(2)9-21(8-12)16(23)10-22-11-20-17-14-5-3-4-6-15(14)25-18(17)19(22)24/h3-6,11-13H,7-10H2,1-2H3/t12-,13+. The summed E-state index contributed by atoms with van der Waals surface area (Å²) in [4.78, 5) is 31.5. The normalized spacial score (nSPS) is 21.1. The zero-order valence-corrected chi connectivity index (χ0v) is 14.4. The van der Waals surface area contributed by atoms with Gasteiger partial charge in [-0.25, -0.2) is 4.98 Å². The molecular weight excluding hydrogens is 318 g/mol. The van der Waals surface area contributed by atoms with E-state index in [0.29, 0.717) is 22.9 Å². The maximum absolute atomic E-state index is 12.7. The van der Waals surface area contributed by atoms with Crippen LogP contribution in [0.4, 0.5) is 0 Å². The minimum absolute atomic E-state index is 0.00173. The van der Waals surface area contributed by atoms with E-state index >= 15 is 0 Å². The SMILES string of the molecule is C[C@@H]1C[C@H](C)CN(C(=O)Cn2cnc3c(oc4ccccc43)c2=O)C1. The van der Waals surface area contributed by atoms with Gasteiger partial charge in [0.25, 0.3) is 5.56 Å². The second kappa shape index (κ2) is 6.02. The molecule has 1 fully saturated rings. The van der Waals surface area contributed by atoms with Crippen LogP contribution in [0.15, 0.2) is 39.8 Å². The zero-order valence-electron chi connectivity index (χ0n) is 14.4. The van der Waals surface area contributed by atoms with Crippen LogP contribution < -0.4 is 5.56 Å². The van der Waals surface area contributed by atoms with Crippen LogP contribution in [-0.2, 0) is 11.3 Å². The minimum atomic E-state index is -0.312. The molecule has 0 radical (unpaired) electrons. The topological polar surface area (TPSA) is 68.3 Å². The Morgan fingerprint density at radius 2 is 1.96 bits per heavy atom. The average Bonchev–Trinajstić information content (AvgIpc) is 2.96. The van der Waals surface area contributed by atoms with Crippen molar-refractivity contribution in [3.8, 4) is 0 Å². The summed E-state index contributed by atoms with van der Waals surface area (Å²) in [7, 11) is 0. The van der Waals surface area contributed by atoms with Gasteiger partial charge in [0.15, 0.2) is 0 Å². The summed E-state index contributed by atoms with van der Waals surface area (Å²) in [5.74, 6) is 0.929. The summed E-state index contributed by atoms with van der Waals surface area (Å²) < 4.78 is 7.01. The van der Waals surface area contributed by atoms with Crippen LogP contribution in [0, 0.1) is 11.8 Å². The minimum Gasteiger partial charge on any atom is -0.448 e. The first-order valence-corrected chi connectivity index (χ1v) is 8.67. The van der Waals surface area contributed by atoms with Gasteiger partial charge in [-0.2, -0.15) is 0 Å². The summed E-state index contributed by atoms with van der Waals surface area (Å²) in [5.41, 5.74) is 1.07. The number of fused-ring (bicyclic) bond motifs is 3. The van der Waals surface area contributed by atoms with Gasteiger partial charge in [0.1, 0.15) is 17.6 Å². The first-order chi connectivity index (χ1) is 12.0. The average molecular weight is 339 g/mol. The molecule has 1 aromatic carbocycles. The molecule has 130 valence electrons. The first-order valence-electron chi connectivity index (χ1n) is 8.67. The van der Waals surface area contributed by atoms with Crippen molar-refractivity contribution in [3.05, 3.63) is 40.9 Å². The van der Waals surface area contributed by atoms with Crippen molar-refractivity contribution >= 4 is 28.0 Å². The number of furan rings is 1. The highest BCUT2D eigenvalue weighted by Crippen LogP contribution is 2.24. The van der Waals surface area contributed by atoms with Crippen LogP contribution in [0.2, 0.25) is 0 Å². The van der Waals surface area contributed by atoms with Crippen molar-refractivity contribution in [1.82, 2.24) is 14.5 Å². The van der Waals surface area contributed by atoms with E-state index in [-0.39, 0.29) is 23.6 Å². The van der Waals surface area contributed by atoms with Gasteiger partial charge in [0, 0.05) is 18.5 Å². The lowest BCUT2D eigenvalue weighted by Crippen LogP contribution is -2.44. The molecule has 1 aliphatic rings. The van der Waals surface area contributed by atoms with E-state index in [9.17, 15) is 9.59 Å². The second-order valence-corrected chi connectivity index (χ2v) is 7.20. The molecule has 3 heterocycles. The van der Waals surface area contributed by atoms with Gasteiger partial charge in [0.2, 0.25) is 11.5 Å². The van der Waals surface area contributed by atoms with E-state index in [2.05, 4.69) is 18.8 Å². The maximum atomic E-state index is 12.7. The number of likely N-dealkylation sites (tertiary alicyclic amines) is 1. The highest BCUT2D eigenvalue weighted by Gasteiger charge is 2.26. The molecule has 1 saturated heterocycles. The lowest BCUT2D eigenvalue weighted by molar-refractivity contribution is -0.134. The number of hydrogen-bond acceptors (Lipinski definition) is 4. The molecule has 4 rings (SSSR count). The summed E-state index contributed by atoms with van der Waals surface area (Å²) in [6.45, 7) is 5.81. The molecule has 0 bridgehead atoms. The number of piperidine rings is 1. The van der Waals surface area contributed by atoms with Crippen molar-refractivity contribution in [3.63, 3.8) is 0 Å². The number of nitrogens with zero attached hydrogens (tertiary/aromatic N) is 3. The van der Waals surface area contributed by atoms with E-state index in [1.807, 2.05) is 29.2 Å². The molecule has 2 atom stereocenters. The Morgan fingerprint density at radius 3 is 2.72 bits per heavy atom. The fourth-order valence-electron chi connectivity index (χ4n) is 3.84. The molecule has 0 spiro atoms. The Bertz CT molecular complexity index is 994. The molecule has 0 unspecified atom stereocenters. The first kappa shape index (κ1) is 15.9. The molecule has 6 heteroatoms. The van der Waals surface area contributed by atoms with Gasteiger partial charge in [-0.05, 0) is 30.4 Å². The Hall–Kier alpha value is -2.63. The molecule has 0 N–H and O–H groups in total. The predicted molar refractivity (Wildman–Crippen MR) is 95.3 cm³/mol. The summed E-state index contributed by atoms with van der Waals surface area (Å²) in [5, 5.41) is 0.812. The third-order valence-corrected chi connectivity index (χ3v) is 4.88. The molecule has 1 amide bonds. The highest BCUT2D eigenvalue weighted by atomic mass is 16.3. The zero-order chi connectivity index (χ0) is 17.6. The van der Waals surface area contributed by atoms with Gasteiger partial charge in [-0.3, -0.25) is 14.2 Å². The largest absolute Gasteiger partial charge is 0.448 e. The Kier molecular flexibility index (Phi) is 3.82. The van der Waals surface area contributed by atoms with Crippen molar-refractivity contribution in [2.24, 2.45) is 11.8 Å². The fourth-order valence-corrected chi connectivity index (χ4v) is 3.84. The third kappa shape index (κ3) is 2.81. The molecule has 6 nitrogen and oxygen atoms in total. The molecule has 3 aromatic rings. The van der Waals surface area contributed by atoms with Crippen molar-refractivity contribution in [2.45, 2.75) is 26.8 Å². The van der Waals surface area contributed by atoms with E-state index in [1.54, 1.807) is 0 Å². The van der Waals surface area contributed by atoms with E-state index in [4.69, 9.17) is 4.42 Å². The monoisotopic (exact) mass is 339 g/mol. The number of benzene rings is 1.